The van der Waals surface area contributed by atoms with E-state index in [9.17, 15) is 19.2 Å². The Kier molecular flexibility index (Phi) is 14.9. The van der Waals surface area contributed by atoms with E-state index < -0.39 is 35.7 Å². The SMILES string of the molecule is CCCCCCN(C(=O)C(Cc1ccccc1)NC(=O)OC(C)(C)C)C(C(=O)NCCC(=O)OCC)c1cccc(C)c1C. The van der Waals surface area contributed by atoms with Crippen LogP contribution in [0.4, 0.5) is 4.79 Å². The number of ether oxygens (including phenoxy) is 2. The molecule has 44 heavy (non-hydrogen) atoms. The molecule has 9 nitrogen and oxygen atoms in total. The van der Waals surface area contributed by atoms with E-state index in [1.165, 1.54) is 0 Å². The van der Waals surface area contributed by atoms with Crippen molar-refractivity contribution >= 4 is 23.9 Å². The van der Waals surface area contributed by atoms with Gasteiger partial charge in [0, 0.05) is 19.5 Å². The van der Waals surface area contributed by atoms with Gasteiger partial charge in [-0.1, -0.05) is 74.7 Å². The summed E-state index contributed by atoms with van der Waals surface area (Å²) in [5.74, 6) is -1.20. The number of aryl methyl sites for hydroxylation is 1. The first-order valence-electron chi connectivity index (χ1n) is 15.7. The molecule has 2 aromatic carbocycles. The fourth-order valence-electron chi connectivity index (χ4n) is 4.91. The maximum Gasteiger partial charge on any atom is 0.408 e. The molecule has 2 aromatic rings. The van der Waals surface area contributed by atoms with E-state index in [1.807, 2.05) is 62.4 Å². The largest absolute Gasteiger partial charge is 0.466 e. The van der Waals surface area contributed by atoms with Crippen molar-refractivity contribution in [3.63, 3.8) is 0 Å². The summed E-state index contributed by atoms with van der Waals surface area (Å²) in [6, 6.07) is 13.2. The van der Waals surface area contributed by atoms with E-state index in [0.717, 1.165) is 36.0 Å². The molecule has 242 valence electrons. The number of carbonyl (C=O) groups excluding carboxylic acids is 4. The Hall–Kier alpha value is -3.88. The van der Waals surface area contributed by atoms with Crippen LogP contribution >= 0.6 is 0 Å². The third-order valence-corrected chi connectivity index (χ3v) is 7.24. The highest BCUT2D eigenvalue weighted by Gasteiger charge is 2.37. The lowest BCUT2D eigenvalue weighted by molar-refractivity contribution is -0.144. The molecule has 0 saturated heterocycles. The third-order valence-electron chi connectivity index (χ3n) is 7.24. The third kappa shape index (κ3) is 12.0. The van der Waals surface area contributed by atoms with Crippen LogP contribution in [0.3, 0.4) is 0 Å². The van der Waals surface area contributed by atoms with Crippen LogP contribution < -0.4 is 10.6 Å². The van der Waals surface area contributed by atoms with Gasteiger partial charge >= 0.3 is 12.1 Å². The molecule has 0 saturated carbocycles. The van der Waals surface area contributed by atoms with Crippen LogP contribution in [0.1, 0.15) is 95.0 Å². The summed E-state index contributed by atoms with van der Waals surface area (Å²) in [5, 5.41) is 5.67. The second-order valence-electron chi connectivity index (χ2n) is 12.0. The fourth-order valence-corrected chi connectivity index (χ4v) is 4.91. The van der Waals surface area contributed by atoms with Crippen molar-refractivity contribution in [3.8, 4) is 0 Å². The van der Waals surface area contributed by atoms with Crippen molar-refractivity contribution in [2.24, 2.45) is 0 Å². The average molecular weight is 610 g/mol. The van der Waals surface area contributed by atoms with Crippen molar-refractivity contribution in [1.82, 2.24) is 15.5 Å². The monoisotopic (exact) mass is 609 g/mol. The van der Waals surface area contributed by atoms with Crippen LogP contribution in [-0.2, 0) is 30.3 Å². The first-order valence-corrected chi connectivity index (χ1v) is 15.7. The first-order chi connectivity index (χ1) is 20.9. The Morgan fingerprint density at radius 1 is 0.909 bits per heavy atom. The van der Waals surface area contributed by atoms with Crippen LogP contribution in [0.5, 0.6) is 0 Å². The number of carbonyl (C=O) groups is 4. The van der Waals surface area contributed by atoms with Crippen molar-refractivity contribution in [3.05, 3.63) is 70.8 Å². The number of nitrogens with one attached hydrogen (secondary N) is 2. The summed E-state index contributed by atoms with van der Waals surface area (Å²) in [5.41, 5.74) is 2.67. The lowest BCUT2D eigenvalue weighted by Gasteiger charge is -2.35. The van der Waals surface area contributed by atoms with Crippen molar-refractivity contribution in [2.75, 3.05) is 19.7 Å². The minimum Gasteiger partial charge on any atom is -0.466 e. The molecule has 0 fully saturated rings. The van der Waals surface area contributed by atoms with Gasteiger partial charge in [0.25, 0.3) is 0 Å². The summed E-state index contributed by atoms with van der Waals surface area (Å²) in [6.45, 7) is 13.7. The number of hydrogen-bond acceptors (Lipinski definition) is 6. The minimum atomic E-state index is -0.988. The zero-order valence-electron chi connectivity index (χ0n) is 27.5. The number of unbranched alkanes of at least 4 members (excludes halogenated alkanes) is 3. The molecule has 2 unspecified atom stereocenters. The molecule has 2 rings (SSSR count). The molecular weight excluding hydrogens is 558 g/mol. The van der Waals surface area contributed by atoms with Gasteiger partial charge in [0.2, 0.25) is 11.8 Å². The van der Waals surface area contributed by atoms with Gasteiger partial charge in [-0.3, -0.25) is 14.4 Å². The van der Waals surface area contributed by atoms with Gasteiger partial charge in [0.15, 0.2) is 0 Å². The number of amides is 3. The standard InChI is InChI=1S/C35H51N3O6/c1-8-10-11-15-23-38(33(41)29(24-27-18-13-12-14-19-27)37-34(42)44-35(5,6)7)31(28-20-16-17-25(3)26(28)4)32(40)36-22-21-30(39)43-9-2/h12-14,16-20,29,31H,8-11,15,21-24H2,1-7H3,(H,36,40)(H,37,42). The number of alkyl carbamates (subject to hydrolysis) is 1. The molecule has 0 bridgehead atoms. The van der Waals surface area contributed by atoms with Crippen molar-refractivity contribution < 1.29 is 28.7 Å². The smallest absolute Gasteiger partial charge is 0.408 e. The quantitative estimate of drug-likeness (QED) is 0.179. The zero-order chi connectivity index (χ0) is 32.7. The molecule has 0 spiro atoms. The lowest BCUT2D eigenvalue weighted by Crippen LogP contribution is -2.54. The normalized spacial score (nSPS) is 12.5. The number of rotatable bonds is 16. The number of nitrogens with zero attached hydrogens (tertiary/aromatic N) is 1. The number of hydrogen-bond donors (Lipinski definition) is 2. The Bertz CT molecular complexity index is 1220. The van der Waals surface area contributed by atoms with Gasteiger partial charge < -0.3 is 25.0 Å². The van der Waals surface area contributed by atoms with Crippen molar-refractivity contribution in [2.45, 2.75) is 105 Å². The Morgan fingerprint density at radius 2 is 1.61 bits per heavy atom. The molecule has 0 radical (unpaired) electrons. The van der Waals surface area contributed by atoms with Gasteiger partial charge in [0.1, 0.15) is 17.7 Å². The average Bonchev–Trinajstić information content (AvgIpc) is 2.95. The molecule has 0 aliphatic rings. The molecular formula is C35H51N3O6. The van der Waals surface area contributed by atoms with Crippen LogP contribution in [-0.4, -0.2) is 60.1 Å². The summed E-state index contributed by atoms with van der Waals surface area (Å²) in [7, 11) is 0. The van der Waals surface area contributed by atoms with Gasteiger partial charge in [-0.15, -0.1) is 0 Å². The van der Waals surface area contributed by atoms with E-state index in [2.05, 4.69) is 17.6 Å². The van der Waals surface area contributed by atoms with Crippen LogP contribution in [0, 0.1) is 13.8 Å². The van der Waals surface area contributed by atoms with Gasteiger partial charge in [-0.25, -0.2) is 4.79 Å². The van der Waals surface area contributed by atoms with E-state index in [0.29, 0.717) is 18.5 Å². The number of esters is 1. The minimum absolute atomic E-state index is 0.0143. The molecule has 0 aromatic heterocycles. The lowest BCUT2D eigenvalue weighted by atomic mass is 9.94. The topological polar surface area (TPSA) is 114 Å². The molecule has 2 N–H and O–H groups in total. The summed E-state index contributed by atoms with van der Waals surface area (Å²) in [6.07, 6.45) is 3.09. The van der Waals surface area contributed by atoms with E-state index in [1.54, 1.807) is 32.6 Å². The Balaban J connectivity index is 2.56. The predicted molar refractivity (Wildman–Crippen MR) is 172 cm³/mol. The van der Waals surface area contributed by atoms with E-state index >= 15 is 0 Å². The molecule has 0 aliphatic carbocycles. The Labute approximate surface area is 263 Å². The molecule has 0 aliphatic heterocycles. The highest BCUT2D eigenvalue weighted by molar-refractivity contribution is 5.92. The van der Waals surface area contributed by atoms with Gasteiger partial charge in [-0.05, 0) is 70.2 Å². The van der Waals surface area contributed by atoms with Crippen LogP contribution in [0.15, 0.2) is 48.5 Å². The molecule has 0 heterocycles. The first kappa shape index (κ1) is 36.3. The number of benzene rings is 2. The van der Waals surface area contributed by atoms with E-state index in [4.69, 9.17) is 9.47 Å². The second-order valence-corrected chi connectivity index (χ2v) is 12.0. The summed E-state index contributed by atoms with van der Waals surface area (Å²) < 4.78 is 10.5. The van der Waals surface area contributed by atoms with Gasteiger partial charge in [0.05, 0.1) is 13.0 Å². The predicted octanol–water partition coefficient (Wildman–Crippen LogP) is 5.96. The Morgan fingerprint density at radius 3 is 2.25 bits per heavy atom. The zero-order valence-corrected chi connectivity index (χ0v) is 27.5. The molecule has 3 amide bonds. The maximum absolute atomic E-state index is 14.6. The van der Waals surface area contributed by atoms with Gasteiger partial charge in [-0.2, -0.15) is 0 Å². The molecule has 9 heteroatoms. The fraction of sp³-hybridized carbons (Fsp3) is 0.543. The molecule has 2 atom stereocenters. The highest BCUT2D eigenvalue weighted by Crippen LogP contribution is 2.28. The second kappa shape index (κ2) is 18.0. The summed E-state index contributed by atoms with van der Waals surface area (Å²) in [4.78, 5) is 55.2. The van der Waals surface area contributed by atoms with Crippen LogP contribution in [0.25, 0.3) is 0 Å². The summed E-state index contributed by atoms with van der Waals surface area (Å²) >= 11 is 0. The van der Waals surface area contributed by atoms with Crippen LogP contribution in [0.2, 0.25) is 0 Å². The maximum atomic E-state index is 14.6. The highest BCUT2D eigenvalue weighted by atomic mass is 16.6. The van der Waals surface area contributed by atoms with E-state index in [-0.39, 0.29) is 31.9 Å². The van der Waals surface area contributed by atoms with Crippen molar-refractivity contribution in [1.29, 1.82) is 0 Å².